The SMILES string of the molecule is Cc1ccc(C(O)CCN(C)Cc2ccc(F)cc2)cc1. The average molecular weight is 287 g/mol. The number of aliphatic hydroxyl groups excluding tert-OH is 1. The average Bonchev–Trinajstić information content (AvgIpc) is 2.48. The van der Waals surface area contributed by atoms with Crippen LogP contribution in [0.5, 0.6) is 0 Å². The first-order chi connectivity index (χ1) is 10.0. The summed E-state index contributed by atoms with van der Waals surface area (Å²) >= 11 is 0. The minimum Gasteiger partial charge on any atom is -0.388 e. The lowest BCUT2D eigenvalue weighted by molar-refractivity contribution is 0.147. The minimum atomic E-state index is -0.443. The lowest BCUT2D eigenvalue weighted by Gasteiger charge is -2.19. The van der Waals surface area contributed by atoms with E-state index in [2.05, 4.69) is 4.90 Å². The third-order valence-electron chi connectivity index (χ3n) is 3.61. The van der Waals surface area contributed by atoms with E-state index >= 15 is 0 Å². The second-order valence-corrected chi connectivity index (χ2v) is 5.58. The van der Waals surface area contributed by atoms with E-state index in [0.29, 0.717) is 6.42 Å². The highest BCUT2D eigenvalue weighted by Crippen LogP contribution is 2.17. The molecule has 0 radical (unpaired) electrons. The number of nitrogens with zero attached hydrogens (tertiary/aromatic N) is 1. The summed E-state index contributed by atoms with van der Waals surface area (Å²) in [5, 5.41) is 10.2. The van der Waals surface area contributed by atoms with Crippen molar-refractivity contribution in [3.05, 3.63) is 71.0 Å². The summed E-state index contributed by atoms with van der Waals surface area (Å²) in [6, 6.07) is 14.5. The molecule has 1 atom stereocenters. The number of benzene rings is 2. The van der Waals surface area contributed by atoms with Crippen molar-refractivity contribution in [1.29, 1.82) is 0 Å². The maximum atomic E-state index is 12.8. The van der Waals surface area contributed by atoms with Crippen LogP contribution < -0.4 is 0 Å². The highest BCUT2D eigenvalue weighted by atomic mass is 19.1. The largest absolute Gasteiger partial charge is 0.388 e. The van der Waals surface area contributed by atoms with Crippen LogP contribution in [0, 0.1) is 12.7 Å². The molecule has 3 heteroatoms. The normalized spacial score (nSPS) is 12.6. The van der Waals surface area contributed by atoms with E-state index in [0.717, 1.165) is 24.2 Å². The maximum absolute atomic E-state index is 12.8. The van der Waals surface area contributed by atoms with Crippen molar-refractivity contribution in [2.24, 2.45) is 0 Å². The molecule has 0 aliphatic rings. The van der Waals surface area contributed by atoms with E-state index in [1.54, 1.807) is 12.1 Å². The van der Waals surface area contributed by atoms with Crippen molar-refractivity contribution in [2.75, 3.05) is 13.6 Å². The van der Waals surface area contributed by atoms with Gasteiger partial charge in [0.1, 0.15) is 5.82 Å². The monoisotopic (exact) mass is 287 g/mol. The molecule has 0 bridgehead atoms. The Kier molecular flexibility index (Phi) is 5.48. The zero-order chi connectivity index (χ0) is 15.2. The zero-order valence-electron chi connectivity index (χ0n) is 12.6. The fraction of sp³-hybridized carbons (Fsp3) is 0.333. The molecule has 21 heavy (non-hydrogen) atoms. The Balaban J connectivity index is 1.81. The quantitative estimate of drug-likeness (QED) is 0.876. The Hall–Kier alpha value is -1.71. The minimum absolute atomic E-state index is 0.212. The summed E-state index contributed by atoms with van der Waals surface area (Å²) in [5.41, 5.74) is 3.22. The standard InChI is InChI=1S/C18H22FNO/c1-14-3-7-16(8-4-14)18(21)11-12-20(2)13-15-5-9-17(19)10-6-15/h3-10,18,21H,11-13H2,1-2H3. The Labute approximate surface area is 125 Å². The lowest BCUT2D eigenvalue weighted by Crippen LogP contribution is -2.21. The number of halogens is 1. The first-order valence-corrected chi connectivity index (χ1v) is 7.22. The molecule has 0 spiro atoms. The van der Waals surface area contributed by atoms with Crippen LogP contribution in [-0.4, -0.2) is 23.6 Å². The summed E-state index contributed by atoms with van der Waals surface area (Å²) in [7, 11) is 2.01. The van der Waals surface area contributed by atoms with Gasteiger partial charge in [0, 0.05) is 13.1 Å². The summed E-state index contributed by atoms with van der Waals surface area (Å²) in [4.78, 5) is 2.13. The molecule has 0 saturated carbocycles. The second-order valence-electron chi connectivity index (χ2n) is 5.58. The molecule has 0 heterocycles. The summed E-state index contributed by atoms with van der Waals surface area (Å²) < 4.78 is 12.8. The summed E-state index contributed by atoms with van der Waals surface area (Å²) in [6.45, 7) is 3.57. The molecule has 1 unspecified atom stereocenters. The molecule has 0 aliphatic heterocycles. The summed E-state index contributed by atoms with van der Waals surface area (Å²) in [5.74, 6) is -0.212. The fourth-order valence-corrected chi connectivity index (χ4v) is 2.28. The zero-order valence-corrected chi connectivity index (χ0v) is 12.6. The van der Waals surface area contributed by atoms with Crippen LogP contribution in [0.4, 0.5) is 4.39 Å². The topological polar surface area (TPSA) is 23.5 Å². The molecule has 0 amide bonds. The van der Waals surface area contributed by atoms with Crippen molar-refractivity contribution in [1.82, 2.24) is 4.90 Å². The van der Waals surface area contributed by atoms with Crippen molar-refractivity contribution < 1.29 is 9.50 Å². The Morgan fingerprint density at radius 2 is 1.67 bits per heavy atom. The smallest absolute Gasteiger partial charge is 0.123 e. The first kappa shape index (κ1) is 15.7. The molecule has 1 N–H and O–H groups in total. The maximum Gasteiger partial charge on any atom is 0.123 e. The first-order valence-electron chi connectivity index (χ1n) is 7.22. The molecular weight excluding hydrogens is 265 g/mol. The van der Waals surface area contributed by atoms with Crippen LogP contribution in [0.2, 0.25) is 0 Å². The van der Waals surface area contributed by atoms with Crippen LogP contribution in [0.25, 0.3) is 0 Å². The van der Waals surface area contributed by atoms with Crippen molar-refractivity contribution in [3.8, 4) is 0 Å². The van der Waals surface area contributed by atoms with Gasteiger partial charge < -0.3 is 10.0 Å². The predicted octanol–water partition coefficient (Wildman–Crippen LogP) is 3.69. The van der Waals surface area contributed by atoms with Gasteiger partial charge in [0.05, 0.1) is 6.10 Å². The van der Waals surface area contributed by atoms with Gasteiger partial charge in [-0.3, -0.25) is 0 Å². The van der Waals surface area contributed by atoms with Gasteiger partial charge in [0.2, 0.25) is 0 Å². The molecule has 2 nitrogen and oxygen atoms in total. The van der Waals surface area contributed by atoms with Crippen LogP contribution >= 0.6 is 0 Å². The number of rotatable bonds is 6. The van der Waals surface area contributed by atoms with Gasteiger partial charge in [-0.25, -0.2) is 4.39 Å². The predicted molar refractivity (Wildman–Crippen MR) is 83.5 cm³/mol. The molecule has 2 aromatic rings. The molecule has 0 aromatic heterocycles. The van der Waals surface area contributed by atoms with Crippen LogP contribution in [0.3, 0.4) is 0 Å². The third kappa shape index (κ3) is 4.96. The van der Waals surface area contributed by atoms with Gasteiger partial charge in [0.15, 0.2) is 0 Å². The second kappa shape index (κ2) is 7.34. The van der Waals surface area contributed by atoms with Crippen LogP contribution in [0.1, 0.15) is 29.2 Å². The van der Waals surface area contributed by atoms with E-state index in [9.17, 15) is 9.50 Å². The van der Waals surface area contributed by atoms with Gasteiger partial charge >= 0.3 is 0 Å². The summed E-state index contributed by atoms with van der Waals surface area (Å²) in [6.07, 6.45) is 0.238. The van der Waals surface area contributed by atoms with Gasteiger partial charge in [0.25, 0.3) is 0 Å². The molecule has 0 saturated heterocycles. The van der Waals surface area contributed by atoms with Crippen molar-refractivity contribution in [2.45, 2.75) is 26.0 Å². The lowest BCUT2D eigenvalue weighted by atomic mass is 10.0. The van der Waals surface area contributed by atoms with Gasteiger partial charge in [-0.15, -0.1) is 0 Å². The molecule has 2 aromatic carbocycles. The van der Waals surface area contributed by atoms with Gasteiger partial charge in [-0.05, 0) is 43.7 Å². The molecule has 0 aliphatic carbocycles. The number of hydrogen-bond donors (Lipinski definition) is 1. The van der Waals surface area contributed by atoms with Crippen molar-refractivity contribution in [3.63, 3.8) is 0 Å². The van der Waals surface area contributed by atoms with Gasteiger partial charge in [-0.2, -0.15) is 0 Å². The van der Waals surface area contributed by atoms with Crippen LogP contribution in [-0.2, 0) is 6.54 Å². The fourth-order valence-electron chi connectivity index (χ4n) is 2.28. The van der Waals surface area contributed by atoms with Gasteiger partial charge in [-0.1, -0.05) is 42.0 Å². The van der Waals surface area contributed by atoms with E-state index in [1.165, 1.54) is 17.7 Å². The molecule has 0 fully saturated rings. The van der Waals surface area contributed by atoms with E-state index in [-0.39, 0.29) is 5.82 Å². The molecule has 2 rings (SSSR count). The molecule has 112 valence electrons. The number of aliphatic hydroxyl groups is 1. The molecular formula is C18H22FNO. The van der Waals surface area contributed by atoms with E-state index < -0.39 is 6.10 Å². The van der Waals surface area contributed by atoms with Crippen molar-refractivity contribution >= 4 is 0 Å². The highest BCUT2D eigenvalue weighted by Gasteiger charge is 2.09. The van der Waals surface area contributed by atoms with E-state index in [1.807, 2.05) is 38.2 Å². The van der Waals surface area contributed by atoms with E-state index in [4.69, 9.17) is 0 Å². The number of aryl methyl sites for hydroxylation is 1. The highest BCUT2D eigenvalue weighted by molar-refractivity contribution is 5.23. The van der Waals surface area contributed by atoms with Crippen LogP contribution in [0.15, 0.2) is 48.5 Å². The Bertz CT molecular complexity index is 550. The Morgan fingerprint density at radius 1 is 1.05 bits per heavy atom. The Morgan fingerprint density at radius 3 is 2.29 bits per heavy atom. The number of hydrogen-bond acceptors (Lipinski definition) is 2. The third-order valence-corrected chi connectivity index (χ3v) is 3.61.